The minimum Gasteiger partial charge on any atom is -0.450 e. The minimum atomic E-state index is -0.356. The molecular weight excluding hydrogens is 342 g/mol. The van der Waals surface area contributed by atoms with Gasteiger partial charge in [-0.05, 0) is 44.9 Å². The molecule has 0 bridgehead atoms. The zero-order valence-electron chi connectivity index (χ0n) is 16.4. The number of hydrogen-bond acceptors (Lipinski definition) is 3. The quantitative estimate of drug-likeness (QED) is 0.185. The van der Waals surface area contributed by atoms with Gasteiger partial charge < -0.3 is 10.1 Å². The molecule has 0 heterocycles. The highest BCUT2D eigenvalue weighted by molar-refractivity contribution is 7.80. The molecule has 0 saturated carbocycles. The number of alkyl carbamates (subject to hydrolysis) is 1. The number of hydrogen-bond donors (Lipinski definition) is 2. The molecule has 26 heavy (non-hydrogen) atoms. The fourth-order valence-electron chi connectivity index (χ4n) is 2.14. The van der Waals surface area contributed by atoms with Crippen LogP contribution in [0.15, 0.2) is 48.6 Å². The van der Waals surface area contributed by atoms with Crippen LogP contribution in [0.2, 0.25) is 0 Å². The predicted octanol–water partition coefficient (Wildman–Crippen LogP) is 6.40. The summed E-state index contributed by atoms with van der Waals surface area (Å²) in [4.78, 5) is 11.2. The van der Waals surface area contributed by atoms with Gasteiger partial charge in [0.15, 0.2) is 0 Å². The van der Waals surface area contributed by atoms with Crippen molar-refractivity contribution in [3.63, 3.8) is 0 Å². The van der Waals surface area contributed by atoms with Crippen LogP contribution in [-0.4, -0.2) is 25.0 Å². The normalized spacial score (nSPS) is 12.1. The summed E-state index contributed by atoms with van der Waals surface area (Å²) >= 11 is 4.01. The summed E-state index contributed by atoms with van der Waals surface area (Å²) in [6.07, 6.45) is 27.2. The van der Waals surface area contributed by atoms with E-state index in [0.717, 1.165) is 32.1 Å². The SMILES string of the molecule is CCCCC/C=C\C/C=C\C/C=C\C/C=C\CCCOC(=O)NCCS. The van der Waals surface area contributed by atoms with Crippen LogP contribution < -0.4 is 5.32 Å². The fourth-order valence-corrected chi connectivity index (χ4v) is 2.25. The van der Waals surface area contributed by atoms with Crippen LogP contribution in [0.3, 0.4) is 0 Å². The molecule has 0 atom stereocenters. The van der Waals surface area contributed by atoms with E-state index in [4.69, 9.17) is 4.74 Å². The van der Waals surface area contributed by atoms with E-state index in [2.05, 4.69) is 73.5 Å². The van der Waals surface area contributed by atoms with E-state index in [-0.39, 0.29) is 6.09 Å². The third-order valence-corrected chi connectivity index (χ3v) is 3.81. The van der Waals surface area contributed by atoms with Gasteiger partial charge in [0.05, 0.1) is 6.61 Å². The Balaban J connectivity index is 3.42. The van der Waals surface area contributed by atoms with Crippen molar-refractivity contribution < 1.29 is 9.53 Å². The lowest BCUT2D eigenvalue weighted by atomic mass is 10.2. The molecule has 0 aromatic carbocycles. The van der Waals surface area contributed by atoms with Crippen LogP contribution in [-0.2, 0) is 4.74 Å². The van der Waals surface area contributed by atoms with Gasteiger partial charge in [-0.25, -0.2) is 4.79 Å². The average molecular weight is 380 g/mol. The summed E-state index contributed by atoms with van der Waals surface area (Å²) in [5, 5.41) is 2.62. The Bertz CT molecular complexity index is 428. The van der Waals surface area contributed by atoms with Crippen LogP contribution in [0.25, 0.3) is 0 Å². The molecular formula is C22H37NO2S. The van der Waals surface area contributed by atoms with Crippen molar-refractivity contribution in [2.24, 2.45) is 0 Å². The lowest BCUT2D eigenvalue weighted by molar-refractivity contribution is 0.146. The molecule has 148 valence electrons. The average Bonchev–Trinajstić information content (AvgIpc) is 2.65. The zero-order valence-corrected chi connectivity index (χ0v) is 17.3. The number of nitrogens with one attached hydrogen (secondary N) is 1. The molecule has 4 heteroatoms. The molecule has 0 aliphatic heterocycles. The fraction of sp³-hybridized carbons (Fsp3) is 0.591. The Morgan fingerprint density at radius 2 is 1.38 bits per heavy atom. The topological polar surface area (TPSA) is 38.3 Å². The Kier molecular flexibility index (Phi) is 20.4. The third-order valence-electron chi connectivity index (χ3n) is 3.59. The molecule has 0 unspecified atom stereocenters. The summed E-state index contributed by atoms with van der Waals surface area (Å²) in [6, 6.07) is 0. The van der Waals surface area contributed by atoms with Gasteiger partial charge in [-0.3, -0.25) is 0 Å². The summed E-state index contributed by atoms with van der Waals surface area (Å²) in [6.45, 7) is 3.23. The van der Waals surface area contributed by atoms with E-state index in [9.17, 15) is 4.79 Å². The molecule has 0 aliphatic rings. The molecule has 0 aromatic heterocycles. The number of allylic oxidation sites excluding steroid dienone is 8. The monoisotopic (exact) mass is 379 g/mol. The molecule has 1 amide bonds. The Morgan fingerprint density at radius 1 is 0.846 bits per heavy atom. The first-order chi connectivity index (χ1) is 12.8. The molecule has 0 saturated heterocycles. The summed E-state index contributed by atoms with van der Waals surface area (Å²) < 4.78 is 5.02. The largest absolute Gasteiger partial charge is 0.450 e. The lowest BCUT2D eigenvalue weighted by Gasteiger charge is -2.04. The number of amides is 1. The van der Waals surface area contributed by atoms with Gasteiger partial charge in [-0.2, -0.15) is 12.6 Å². The summed E-state index contributed by atoms with van der Waals surface area (Å²) in [5.74, 6) is 0.622. The van der Waals surface area contributed by atoms with Crippen LogP contribution in [0, 0.1) is 0 Å². The van der Waals surface area contributed by atoms with Gasteiger partial charge in [-0.1, -0.05) is 68.4 Å². The molecule has 0 aromatic rings. The van der Waals surface area contributed by atoms with Crippen LogP contribution in [0.5, 0.6) is 0 Å². The maximum atomic E-state index is 11.2. The van der Waals surface area contributed by atoms with E-state index < -0.39 is 0 Å². The van der Waals surface area contributed by atoms with Crippen molar-refractivity contribution in [1.29, 1.82) is 0 Å². The van der Waals surface area contributed by atoms with Crippen molar-refractivity contribution in [2.45, 2.75) is 64.7 Å². The molecule has 1 N–H and O–H groups in total. The molecule has 0 spiro atoms. The van der Waals surface area contributed by atoms with Crippen LogP contribution >= 0.6 is 12.6 Å². The van der Waals surface area contributed by atoms with Crippen molar-refractivity contribution in [3.8, 4) is 0 Å². The number of carbonyl (C=O) groups is 1. The van der Waals surface area contributed by atoms with E-state index in [1.54, 1.807) is 0 Å². The van der Waals surface area contributed by atoms with Crippen molar-refractivity contribution in [3.05, 3.63) is 48.6 Å². The first-order valence-electron chi connectivity index (χ1n) is 9.92. The van der Waals surface area contributed by atoms with Crippen molar-refractivity contribution >= 4 is 18.7 Å². The molecule has 0 radical (unpaired) electrons. The van der Waals surface area contributed by atoms with E-state index in [1.807, 2.05) is 0 Å². The van der Waals surface area contributed by atoms with Gasteiger partial charge in [0.25, 0.3) is 0 Å². The Morgan fingerprint density at radius 3 is 1.92 bits per heavy atom. The highest BCUT2D eigenvalue weighted by atomic mass is 32.1. The van der Waals surface area contributed by atoms with Gasteiger partial charge in [-0.15, -0.1) is 0 Å². The standard InChI is InChI=1S/C22H37NO2S/c1-2-3-4-5-6-7-8-9-10-11-12-13-14-15-16-17-18-20-25-22(24)23-19-21-26/h6-7,9-10,12-13,15-16,26H,2-5,8,11,14,17-21H2,1H3,(H,23,24)/b7-6-,10-9-,13-12-,16-15-. The predicted molar refractivity (Wildman–Crippen MR) is 117 cm³/mol. The molecule has 0 rings (SSSR count). The second-order valence-corrected chi connectivity index (χ2v) is 6.46. The maximum absolute atomic E-state index is 11.2. The zero-order chi connectivity index (χ0) is 19.1. The number of ether oxygens (including phenoxy) is 1. The van der Waals surface area contributed by atoms with E-state index in [0.29, 0.717) is 18.9 Å². The van der Waals surface area contributed by atoms with Gasteiger partial charge in [0, 0.05) is 12.3 Å². The number of carbonyl (C=O) groups excluding carboxylic acids is 1. The van der Waals surface area contributed by atoms with Gasteiger partial charge >= 0.3 is 6.09 Å². The molecule has 3 nitrogen and oxygen atoms in total. The first kappa shape index (κ1) is 24.6. The van der Waals surface area contributed by atoms with E-state index in [1.165, 1.54) is 25.7 Å². The highest BCUT2D eigenvalue weighted by Gasteiger charge is 1.98. The van der Waals surface area contributed by atoms with Crippen molar-refractivity contribution in [2.75, 3.05) is 18.9 Å². The molecule has 0 aliphatic carbocycles. The van der Waals surface area contributed by atoms with Gasteiger partial charge in [0.2, 0.25) is 0 Å². The third kappa shape index (κ3) is 20.6. The maximum Gasteiger partial charge on any atom is 0.407 e. The minimum absolute atomic E-state index is 0.356. The Labute approximate surface area is 166 Å². The van der Waals surface area contributed by atoms with Crippen LogP contribution in [0.4, 0.5) is 4.79 Å². The highest BCUT2D eigenvalue weighted by Crippen LogP contribution is 2.01. The van der Waals surface area contributed by atoms with Crippen molar-refractivity contribution in [1.82, 2.24) is 5.32 Å². The van der Waals surface area contributed by atoms with Gasteiger partial charge in [0.1, 0.15) is 0 Å². The lowest BCUT2D eigenvalue weighted by Crippen LogP contribution is -2.26. The summed E-state index contributed by atoms with van der Waals surface area (Å²) in [7, 11) is 0. The number of thiol groups is 1. The number of rotatable bonds is 16. The number of unbranched alkanes of at least 4 members (excludes halogenated alkanes) is 4. The second-order valence-electron chi connectivity index (χ2n) is 6.02. The first-order valence-corrected chi connectivity index (χ1v) is 10.6. The smallest absolute Gasteiger partial charge is 0.407 e. The Hall–Kier alpha value is -1.42. The van der Waals surface area contributed by atoms with Crippen LogP contribution in [0.1, 0.15) is 64.7 Å². The molecule has 0 fully saturated rings. The van der Waals surface area contributed by atoms with E-state index >= 15 is 0 Å². The summed E-state index contributed by atoms with van der Waals surface area (Å²) in [5.41, 5.74) is 0. The second kappa shape index (κ2) is 21.6.